The fourth-order valence-electron chi connectivity index (χ4n) is 5.47. The van der Waals surface area contributed by atoms with E-state index in [1.165, 1.54) is 161 Å². The molecular formula is C37H74O4. The summed E-state index contributed by atoms with van der Waals surface area (Å²) in [5.41, 5.74) is 0. The van der Waals surface area contributed by atoms with Crippen LogP contribution in [-0.2, 0) is 19.0 Å². The number of carbonyl (C=O) groups is 1. The van der Waals surface area contributed by atoms with Gasteiger partial charge >= 0.3 is 5.97 Å². The van der Waals surface area contributed by atoms with Crippen molar-refractivity contribution >= 4 is 5.97 Å². The summed E-state index contributed by atoms with van der Waals surface area (Å²) in [6.07, 6.45) is 38.5. The molecule has 41 heavy (non-hydrogen) atoms. The molecule has 0 rings (SSSR count). The van der Waals surface area contributed by atoms with Crippen LogP contribution in [0.4, 0.5) is 0 Å². The lowest BCUT2D eigenvalue weighted by Gasteiger charge is -2.07. The molecular weight excluding hydrogens is 508 g/mol. The second kappa shape index (κ2) is 37.4. The Morgan fingerprint density at radius 1 is 0.341 bits per heavy atom. The van der Waals surface area contributed by atoms with Crippen LogP contribution in [0.25, 0.3) is 0 Å². The molecule has 0 aliphatic heterocycles. The van der Waals surface area contributed by atoms with E-state index < -0.39 is 0 Å². The molecule has 0 unspecified atom stereocenters. The molecule has 0 aromatic heterocycles. The maximum atomic E-state index is 11.9. The van der Waals surface area contributed by atoms with E-state index in [0.717, 1.165) is 25.9 Å². The Hall–Kier alpha value is -0.610. The number of unbranched alkanes of at least 4 members (excludes halogenated alkanes) is 26. The highest BCUT2D eigenvalue weighted by molar-refractivity contribution is 5.69. The molecule has 246 valence electrons. The van der Waals surface area contributed by atoms with Gasteiger partial charge in [0.25, 0.3) is 0 Å². The summed E-state index contributed by atoms with van der Waals surface area (Å²) in [6.45, 7) is 7.43. The largest absolute Gasteiger partial charge is 0.463 e. The second-order valence-electron chi connectivity index (χ2n) is 12.4. The Morgan fingerprint density at radius 2 is 0.634 bits per heavy atom. The molecule has 0 saturated heterocycles. The van der Waals surface area contributed by atoms with Crippen LogP contribution in [0, 0.1) is 0 Å². The molecule has 0 aromatic carbocycles. The second-order valence-corrected chi connectivity index (χ2v) is 12.4. The van der Waals surface area contributed by atoms with Gasteiger partial charge in [0.1, 0.15) is 6.61 Å². The number of hydrogen-bond donors (Lipinski definition) is 0. The molecule has 0 heterocycles. The summed E-state index contributed by atoms with van der Waals surface area (Å²) in [7, 11) is 0. The Morgan fingerprint density at radius 3 is 1.02 bits per heavy atom. The van der Waals surface area contributed by atoms with E-state index in [-0.39, 0.29) is 5.97 Å². The lowest BCUT2D eigenvalue weighted by Crippen LogP contribution is -2.13. The molecule has 0 saturated carbocycles. The van der Waals surface area contributed by atoms with Gasteiger partial charge in [0, 0.05) is 13.0 Å². The fraction of sp³-hybridized carbons (Fsp3) is 0.973. The average molecular weight is 583 g/mol. The van der Waals surface area contributed by atoms with E-state index in [1.807, 2.05) is 0 Å². The van der Waals surface area contributed by atoms with Crippen LogP contribution in [0.2, 0.25) is 0 Å². The smallest absolute Gasteiger partial charge is 0.305 e. The summed E-state index contributed by atoms with van der Waals surface area (Å²) in [5.74, 6) is -0.0815. The van der Waals surface area contributed by atoms with Gasteiger partial charge in [0.15, 0.2) is 0 Å². The molecule has 4 nitrogen and oxygen atoms in total. The highest BCUT2D eigenvalue weighted by Crippen LogP contribution is 2.14. The number of ether oxygens (including phenoxy) is 3. The van der Waals surface area contributed by atoms with Crippen molar-refractivity contribution in [2.75, 3.05) is 33.0 Å². The molecule has 0 atom stereocenters. The molecule has 0 aliphatic carbocycles. The maximum absolute atomic E-state index is 11.9. The molecule has 0 spiro atoms. The Kier molecular flexibility index (Phi) is 36.9. The molecule has 0 aromatic rings. The van der Waals surface area contributed by atoms with Gasteiger partial charge in [-0.25, -0.2) is 0 Å². The third kappa shape index (κ3) is 37.4. The first-order valence-electron chi connectivity index (χ1n) is 18.6. The normalized spacial score (nSPS) is 11.4. The first-order valence-corrected chi connectivity index (χ1v) is 18.6. The van der Waals surface area contributed by atoms with Gasteiger partial charge in [-0.1, -0.05) is 181 Å². The van der Waals surface area contributed by atoms with Crippen LogP contribution in [0.5, 0.6) is 0 Å². The van der Waals surface area contributed by atoms with Crippen LogP contribution in [0.15, 0.2) is 0 Å². The predicted molar refractivity (Wildman–Crippen MR) is 178 cm³/mol. The molecule has 0 amide bonds. The minimum Gasteiger partial charge on any atom is -0.463 e. The minimum atomic E-state index is -0.0815. The van der Waals surface area contributed by atoms with Crippen molar-refractivity contribution in [1.82, 2.24) is 0 Å². The first kappa shape index (κ1) is 40.4. The van der Waals surface area contributed by atoms with E-state index >= 15 is 0 Å². The van der Waals surface area contributed by atoms with Crippen LogP contribution in [0.1, 0.15) is 200 Å². The topological polar surface area (TPSA) is 44.8 Å². The van der Waals surface area contributed by atoms with E-state index in [0.29, 0.717) is 32.8 Å². The van der Waals surface area contributed by atoms with Gasteiger partial charge in [-0.3, -0.25) is 4.79 Å². The zero-order valence-electron chi connectivity index (χ0n) is 28.2. The summed E-state index contributed by atoms with van der Waals surface area (Å²) < 4.78 is 16.5. The van der Waals surface area contributed by atoms with Crippen LogP contribution in [-0.4, -0.2) is 39.0 Å². The molecule has 0 radical (unpaired) electrons. The maximum Gasteiger partial charge on any atom is 0.305 e. The van der Waals surface area contributed by atoms with Gasteiger partial charge < -0.3 is 14.2 Å². The number of esters is 1. The van der Waals surface area contributed by atoms with Crippen molar-refractivity contribution in [3.63, 3.8) is 0 Å². The Labute approximate surface area is 257 Å². The van der Waals surface area contributed by atoms with E-state index in [1.54, 1.807) is 0 Å². The average Bonchev–Trinajstić information content (AvgIpc) is 2.98. The highest BCUT2D eigenvalue weighted by Gasteiger charge is 2.03. The van der Waals surface area contributed by atoms with Gasteiger partial charge in [0.2, 0.25) is 0 Å². The van der Waals surface area contributed by atoms with Crippen LogP contribution >= 0.6 is 0 Å². The lowest BCUT2D eigenvalue weighted by atomic mass is 10.0. The SMILES string of the molecule is CCCCCCCCCCCCCCCCCC(=O)OCCOCCOCCCCCCCCCCCCCCC. The monoisotopic (exact) mass is 583 g/mol. The van der Waals surface area contributed by atoms with Gasteiger partial charge in [-0.2, -0.15) is 0 Å². The van der Waals surface area contributed by atoms with Crippen molar-refractivity contribution in [2.24, 2.45) is 0 Å². The van der Waals surface area contributed by atoms with E-state index in [4.69, 9.17) is 14.2 Å². The molecule has 4 heteroatoms. The van der Waals surface area contributed by atoms with Crippen molar-refractivity contribution in [1.29, 1.82) is 0 Å². The lowest BCUT2D eigenvalue weighted by molar-refractivity contribution is -0.145. The third-order valence-corrected chi connectivity index (χ3v) is 8.24. The van der Waals surface area contributed by atoms with Crippen molar-refractivity contribution in [3.05, 3.63) is 0 Å². The quantitative estimate of drug-likeness (QED) is 0.0544. The standard InChI is InChI=1S/C37H74O4/c1-3-5-7-9-11-13-15-17-18-19-21-23-25-27-29-31-37(38)41-36-35-40-34-33-39-32-30-28-26-24-22-20-16-14-12-10-8-6-4-2/h3-36H2,1-2H3. The summed E-state index contributed by atoms with van der Waals surface area (Å²) in [5, 5.41) is 0. The number of rotatable bonds is 36. The molecule has 0 aliphatic rings. The van der Waals surface area contributed by atoms with Crippen LogP contribution in [0.3, 0.4) is 0 Å². The third-order valence-electron chi connectivity index (χ3n) is 8.24. The molecule has 0 N–H and O–H groups in total. The molecule has 0 fully saturated rings. The van der Waals surface area contributed by atoms with Crippen molar-refractivity contribution in [2.45, 2.75) is 200 Å². The Balaban J connectivity index is 3.14. The summed E-state index contributed by atoms with van der Waals surface area (Å²) >= 11 is 0. The predicted octanol–water partition coefficient (Wildman–Crippen LogP) is 11.9. The van der Waals surface area contributed by atoms with Gasteiger partial charge in [0.05, 0.1) is 19.8 Å². The van der Waals surface area contributed by atoms with Crippen molar-refractivity contribution in [3.8, 4) is 0 Å². The number of hydrogen-bond acceptors (Lipinski definition) is 4. The minimum absolute atomic E-state index is 0.0815. The summed E-state index contributed by atoms with van der Waals surface area (Å²) in [6, 6.07) is 0. The van der Waals surface area contributed by atoms with Gasteiger partial charge in [-0.15, -0.1) is 0 Å². The Bertz CT molecular complexity index is 482. The molecule has 0 bridgehead atoms. The van der Waals surface area contributed by atoms with E-state index in [2.05, 4.69) is 13.8 Å². The van der Waals surface area contributed by atoms with Gasteiger partial charge in [-0.05, 0) is 12.8 Å². The summed E-state index contributed by atoms with van der Waals surface area (Å²) in [4.78, 5) is 11.9. The van der Waals surface area contributed by atoms with Crippen molar-refractivity contribution < 1.29 is 19.0 Å². The zero-order chi connectivity index (χ0) is 29.7. The first-order chi connectivity index (χ1) is 20.3. The van der Waals surface area contributed by atoms with Crippen LogP contribution < -0.4 is 0 Å². The zero-order valence-corrected chi connectivity index (χ0v) is 28.2. The number of carbonyl (C=O) groups excluding carboxylic acids is 1. The fourth-order valence-corrected chi connectivity index (χ4v) is 5.47. The van der Waals surface area contributed by atoms with E-state index in [9.17, 15) is 4.79 Å². The highest BCUT2D eigenvalue weighted by atomic mass is 16.6.